The Morgan fingerprint density at radius 3 is 2.83 bits per heavy atom. The van der Waals surface area contributed by atoms with E-state index < -0.39 is 0 Å². The summed E-state index contributed by atoms with van der Waals surface area (Å²) >= 11 is 1.47. The molecule has 1 aliphatic rings. The van der Waals surface area contributed by atoms with Crippen molar-refractivity contribution in [2.24, 2.45) is 0 Å². The molecule has 1 amide bonds. The third-order valence-electron chi connectivity index (χ3n) is 3.13. The summed E-state index contributed by atoms with van der Waals surface area (Å²) in [6, 6.07) is 6.10. The molecule has 0 radical (unpaired) electrons. The van der Waals surface area contributed by atoms with Gasteiger partial charge < -0.3 is 5.32 Å². The number of hydrogen-bond acceptors (Lipinski definition) is 3. The summed E-state index contributed by atoms with van der Waals surface area (Å²) in [4.78, 5) is 12.7. The molecule has 0 spiro atoms. The molecule has 1 aromatic heterocycles. The highest BCUT2D eigenvalue weighted by molar-refractivity contribution is 7.11. The molecule has 3 nitrogen and oxygen atoms in total. The molecule has 1 N–H and O–H groups in total. The number of nitrogens with zero attached hydrogens (tertiary/aromatic N) is 1. The van der Waals surface area contributed by atoms with E-state index in [1.807, 2.05) is 17.5 Å². The molecular formula is C14H16N2OS. The lowest BCUT2D eigenvalue weighted by atomic mass is 9.95. The van der Waals surface area contributed by atoms with Gasteiger partial charge in [-0.1, -0.05) is 25.3 Å². The Bertz CT molecular complexity index is 464. The van der Waals surface area contributed by atoms with Crippen molar-refractivity contribution in [3.05, 3.63) is 28.5 Å². The Hall–Kier alpha value is -1.60. The third-order valence-corrected chi connectivity index (χ3v) is 4.04. The summed E-state index contributed by atoms with van der Waals surface area (Å²) in [6.07, 6.45) is 7.16. The minimum absolute atomic E-state index is 0.146. The van der Waals surface area contributed by atoms with Crippen molar-refractivity contribution in [2.45, 2.75) is 38.1 Å². The average Bonchev–Trinajstić information content (AvgIpc) is 2.91. The molecule has 1 aliphatic carbocycles. The zero-order valence-corrected chi connectivity index (χ0v) is 11.0. The van der Waals surface area contributed by atoms with Gasteiger partial charge in [0.2, 0.25) is 5.91 Å². The monoisotopic (exact) mass is 260 g/mol. The van der Waals surface area contributed by atoms with Gasteiger partial charge in [-0.25, -0.2) is 0 Å². The predicted octanol–water partition coefficient (Wildman–Crippen LogP) is 3.10. The molecular weight excluding hydrogens is 244 g/mol. The smallest absolute Gasteiger partial charge is 0.245 e. The molecule has 0 unspecified atom stereocenters. The number of allylic oxidation sites excluding steroid dienone is 1. The second kappa shape index (κ2) is 6.36. The van der Waals surface area contributed by atoms with Crippen LogP contribution in [-0.2, 0) is 4.79 Å². The summed E-state index contributed by atoms with van der Waals surface area (Å²) in [5, 5.41) is 13.9. The molecule has 0 atom stereocenters. The summed E-state index contributed by atoms with van der Waals surface area (Å²) in [6.45, 7) is 0. The summed E-state index contributed by atoms with van der Waals surface area (Å²) in [7, 11) is 0. The van der Waals surface area contributed by atoms with Crippen LogP contribution in [0.3, 0.4) is 0 Å². The van der Waals surface area contributed by atoms with Gasteiger partial charge in [0, 0.05) is 17.0 Å². The number of thiophene rings is 1. The van der Waals surface area contributed by atoms with Gasteiger partial charge in [0.25, 0.3) is 0 Å². The molecule has 1 aromatic rings. The maximum Gasteiger partial charge on any atom is 0.245 e. The Morgan fingerprint density at radius 1 is 1.44 bits per heavy atom. The van der Waals surface area contributed by atoms with Crippen LogP contribution in [0, 0.1) is 11.3 Å². The highest BCUT2D eigenvalue weighted by Crippen LogP contribution is 2.20. The van der Waals surface area contributed by atoms with Crippen molar-refractivity contribution >= 4 is 22.8 Å². The molecule has 94 valence electrons. The Balaban J connectivity index is 1.98. The molecule has 1 saturated carbocycles. The second-order valence-electron chi connectivity index (χ2n) is 4.49. The van der Waals surface area contributed by atoms with E-state index in [0.717, 1.165) is 17.7 Å². The van der Waals surface area contributed by atoms with E-state index in [-0.39, 0.29) is 11.9 Å². The molecule has 0 aromatic carbocycles. The molecule has 0 aliphatic heterocycles. The van der Waals surface area contributed by atoms with Crippen molar-refractivity contribution in [1.82, 2.24) is 5.32 Å². The normalized spacial score (nSPS) is 17.2. The number of hydrogen-bond donors (Lipinski definition) is 1. The van der Waals surface area contributed by atoms with Crippen molar-refractivity contribution in [3.63, 3.8) is 0 Å². The van der Waals surface area contributed by atoms with Gasteiger partial charge in [-0.3, -0.25) is 4.79 Å². The first-order valence-corrected chi connectivity index (χ1v) is 7.14. The van der Waals surface area contributed by atoms with Gasteiger partial charge in [0.15, 0.2) is 0 Å². The molecule has 18 heavy (non-hydrogen) atoms. The van der Waals surface area contributed by atoms with Crippen LogP contribution in [-0.4, -0.2) is 11.9 Å². The zero-order valence-electron chi connectivity index (χ0n) is 10.2. The number of nitriles is 1. The first kappa shape index (κ1) is 12.8. The summed E-state index contributed by atoms with van der Waals surface area (Å²) < 4.78 is 0. The maximum atomic E-state index is 11.8. The molecule has 0 saturated heterocycles. The van der Waals surface area contributed by atoms with E-state index in [0.29, 0.717) is 5.57 Å². The average molecular weight is 260 g/mol. The highest BCUT2D eigenvalue weighted by atomic mass is 32.1. The van der Waals surface area contributed by atoms with E-state index in [1.165, 1.54) is 36.7 Å². The fourth-order valence-corrected chi connectivity index (χ4v) is 2.90. The lowest BCUT2D eigenvalue weighted by Gasteiger charge is -2.21. The first-order chi connectivity index (χ1) is 8.79. The van der Waals surface area contributed by atoms with Crippen LogP contribution in [0.25, 0.3) is 5.57 Å². The Morgan fingerprint density at radius 2 is 2.22 bits per heavy atom. The Kier molecular flexibility index (Phi) is 4.54. The van der Waals surface area contributed by atoms with Crippen molar-refractivity contribution < 1.29 is 4.79 Å². The number of carbonyl (C=O) groups excluding carboxylic acids is 1. The quantitative estimate of drug-likeness (QED) is 0.670. The Labute approximate surface area is 111 Å². The number of carbonyl (C=O) groups is 1. The summed E-state index contributed by atoms with van der Waals surface area (Å²) in [5.74, 6) is -0.146. The van der Waals surface area contributed by atoms with Crippen LogP contribution < -0.4 is 5.32 Å². The minimum Gasteiger partial charge on any atom is -0.350 e. The lowest BCUT2D eigenvalue weighted by Crippen LogP contribution is -2.35. The van der Waals surface area contributed by atoms with E-state index in [2.05, 4.69) is 11.4 Å². The van der Waals surface area contributed by atoms with E-state index >= 15 is 0 Å². The predicted molar refractivity (Wildman–Crippen MR) is 72.9 cm³/mol. The van der Waals surface area contributed by atoms with Crippen LogP contribution in [0.2, 0.25) is 0 Å². The van der Waals surface area contributed by atoms with E-state index in [4.69, 9.17) is 5.26 Å². The van der Waals surface area contributed by atoms with Crippen LogP contribution >= 0.6 is 11.3 Å². The standard InChI is InChI=1S/C14H16N2OS/c15-10-11(13-7-4-8-18-13)9-14(17)16-12-5-2-1-3-6-12/h4,7-9,12H,1-3,5-6H2,(H,16,17)/b11-9+. The van der Waals surface area contributed by atoms with Gasteiger partial charge in [0.05, 0.1) is 5.57 Å². The molecule has 0 bridgehead atoms. The van der Waals surface area contributed by atoms with Gasteiger partial charge in [-0.15, -0.1) is 11.3 Å². The van der Waals surface area contributed by atoms with Gasteiger partial charge in [-0.05, 0) is 24.3 Å². The zero-order chi connectivity index (χ0) is 12.8. The van der Waals surface area contributed by atoms with Crippen LogP contribution in [0.1, 0.15) is 37.0 Å². The van der Waals surface area contributed by atoms with E-state index in [1.54, 1.807) is 0 Å². The van der Waals surface area contributed by atoms with Crippen molar-refractivity contribution in [3.8, 4) is 6.07 Å². The van der Waals surface area contributed by atoms with Gasteiger partial charge in [0.1, 0.15) is 6.07 Å². The fraction of sp³-hybridized carbons (Fsp3) is 0.429. The first-order valence-electron chi connectivity index (χ1n) is 6.26. The van der Waals surface area contributed by atoms with Crippen LogP contribution in [0.4, 0.5) is 0 Å². The van der Waals surface area contributed by atoms with Crippen molar-refractivity contribution in [2.75, 3.05) is 0 Å². The lowest BCUT2D eigenvalue weighted by molar-refractivity contribution is -0.117. The van der Waals surface area contributed by atoms with Crippen molar-refractivity contribution in [1.29, 1.82) is 5.26 Å². The van der Waals surface area contributed by atoms with Crippen LogP contribution in [0.5, 0.6) is 0 Å². The van der Waals surface area contributed by atoms with E-state index in [9.17, 15) is 4.79 Å². The number of nitrogens with one attached hydrogen (secondary N) is 1. The largest absolute Gasteiger partial charge is 0.350 e. The fourth-order valence-electron chi connectivity index (χ4n) is 2.21. The molecule has 4 heteroatoms. The van der Waals surface area contributed by atoms with Gasteiger partial charge >= 0.3 is 0 Å². The SMILES string of the molecule is N#C/C(=C\C(=O)NC1CCCCC1)c1cccs1. The minimum atomic E-state index is -0.146. The maximum absolute atomic E-state index is 11.8. The van der Waals surface area contributed by atoms with Gasteiger partial charge in [-0.2, -0.15) is 5.26 Å². The summed E-state index contributed by atoms with van der Waals surface area (Å²) in [5.41, 5.74) is 0.443. The number of rotatable bonds is 3. The molecule has 2 rings (SSSR count). The topological polar surface area (TPSA) is 52.9 Å². The van der Waals surface area contributed by atoms with Crippen LogP contribution in [0.15, 0.2) is 23.6 Å². The highest BCUT2D eigenvalue weighted by Gasteiger charge is 2.15. The second-order valence-corrected chi connectivity index (χ2v) is 5.44. The third kappa shape index (κ3) is 3.44. The molecule has 1 heterocycles. The molecule has 1 fully saturated rings. The number of amides is 1.